The van der Waals surface area contributed by atoms with Gasteiger partial charge in [-0.25, -0.2) is 4.98 Å². The maximum Gasteiger partial charge on any atom is 0.234 e. The average Bonchev–Trinajstić information content (AvgIpc) is 2.46. The van der Waals surface area contributed by atoms with Crippen LogP contribution in [0.2, 0.25) is 0 Å². The second-order valence-electron chi connectivity index (χ2n) is 4.45. The molecule has 1 N–H and O–H groups in total. The number of pyridine rings is 1. The summed E-state index contributed by atoms with van der Waals surface area (Å²) in [6, 6.07) is 4.02. The minimum atomic E-state index is 0.526. The molecule has 0 bridgehead atoms. The third kappa shape index (κ3) is 3.81. The van der Waals surface area contributed by atoms with Crippen LogP contribution in [0.3, 0.4) is 0 Å². The number of hydrogen-bond donors (Lipinski definition) is 1. The zero-order valence-corrected chi connectivity index (χ0v) is 12.0. The molecule has 2 aromatic rings. The topological polar surface area (TPSA) is 63.2 Å². The molecule has 6 nitrogen and oxygen atoms in total. The van der Waals surface area contributed by atoms with Gasteiger partial charge in [-0.1, -0.05) is 6.07 Å². The zero-order valence-electron chi connectivity index (χ0n) is 12.0. The minimum absolute atomic E-state index is 0.526. The van der Waals surface area contributed by atoms with Gasteiger partial charge in [-0.2, -0.15) is 4.98 Å². The second kappa shape index (κ2) is 6.70. The van der Waals surface area contributed by atoms with Crippen LogP contribution in [0, 0.1) is 0 Å². The van der Waals surface area contributed by atoms with Crippen molar-refractivity contribution in [1.82, 2.24) is 15.0 Å². The fourth-order valence-corrected chi connectivity index (χ4v) is 1.63. The number of hydrogen-bond acceptors (Lipinski definition) is 6. The molecule has 0 atom stereocenters. The Morgan fingerprint density at radius 3 is 2.70 bits per heavy atom. The molecule has 0 unspecified atom stereocenters. The summed E-state index contributed by atoms with van der Waals surface area (Å²) in [6.45, 7) is 3.14. The first-order chi connectivity index (χ1) is 9.69. The van der Waals surface area contributed by atoms with E-state index in [-0.39, 0.29) is 0 Å². The third-order valence-corrected chi connectivity index (χ3v) is 2.65. The third-order valence-electron chi connectivity index (χ3n) is 2.65. The van der Waals surface area contributed by atoms with E-state index in [2.05, 4.69) is 20.3 Å². The molecule has 2 heterocycles. The van der Waals surface area contributed by atoms with Gasteiger partial charge in [-0.3, -0.25) is 4.98 Å². The average molecular weight is 273 g/mol. The van der Waals surface area contributed by atoms with Crippen LogP contribution in [0.1, 0.15) is 12.5 Å². The highest BCUT2D eigenvalue weighted by Crippen LogP contribution is 2.12. The highest BCUT2D eigenvalue weighted by molar-refractivity contribution is 5.39. The van der Waals surface area contributed by atoms with Crippen molar-refractivity contribution in [2.75, 3.05) is 30.9 Å². The lowest BCUT2D eigenvalue weighted by Crippen LogP contribution is -2.11. The van der Waals surface area contributed by atoms with Crippen LogP contribution in [0.4, 0.5) is 11.6 Å². The molecule has 0 fully saturated rings. The summed E-state index contributed by atoms with van der Waals surface area (Å²) < 4.78 is 5.31. The number of nitrogens with one attached hydrogen (secondary N) is 1. The van der Waals surface area contributed by atoms with E-state index in [0.717, 1.165) is 11.4 Å². The standard InChI is InChI=1S/C14H19N5O/c1-4-20-14-10-15-9-12(18-14)16-7-11-5-6-13(17-8-11)19(2)3/h5-6,8-10H,4,7H2,1-3H3,(H,16,18). The molecule has 2 aromatic heterocycles. The molecule has 2 rings (SSSR count). The van der Waals surface area contributed by atoms with Gasteiger partial charge in [0, 0.05) is 26.8 Å². The van der Waals surface area contributed by atoms with Crippen LogP contribution < -0.4 is 15.0 Å². The van der Waals surface area contributed by atoms with Gasteiger partial charge in [-0.05, 0) is 18.6 Å². The number of nitrogens with zero attached hydrogens (tertiary/aromatic N) is 4. The number of aromatic nitrogens is 3. The van der Waals surface area contributed by atoms with E-state index in [1.54, 1.807) is 12.4 Å². The summed E-state index contributed by atoms with van der Waals surface area (Å²) in [5.41, 5.74) is 1.08. The first-order valence-corrected chi connectivity index (χ1v) is 6.50. The number of ether oxygens (including phenoxy) is 1. The maximum absolute atomic E-state index is 5.31. The van der Waals surface area contributed by atoms with Crippen molar-refractivity contribution in [2.45, 2.75) is 13.5 Å². The van der Waals surface area contributed by atoms with Gasteiger partial charge in [0.15, 0.2) is 0 Å². The van der Waals surface area contributed by atoms with Gasteiger partial charge < -0.3 is 15.0 Å². The zero-order chi connectivity index (χ0) is 14.4. The molecule has 0 aliphatic heterocycles. The lowest BCUT2D eigenvalue weighted by molar-refractivity contribution is 0.325. The molecule has 6 heteroatoms. The van der Waals surface area contributed by atoms with Gasteiger partial charge in [0.2, 0.25) is 5.88 Å². The van der Waals surface area contributed by atoms with E-state index >= 15 is 0 Å². The van der Waals surface area contributed by atoms with Crippen LogP contribution in [-0.4, -0.2) is 35.7 Å². The molecule has 0 spiro atoms. The van der Waals surface area contributed by atoms with Crippen LogP contribution in [0.15, 0.2) is 30.7 Å². The number of anilines is 2. The first kappa shape index (κ1) is 14.0. The van der Waals surface area contributed by atoms with E-state index < -0.39 is 0 Å². The molecule has 0 saturated heterocycles. The van der Waals surface area contributed by atoms with Crippen molar-refractivity contribution >= 4 is 11.6 Å². The van der Waals surface area contributed by atoms with Gasteiger partial charge >= 0.3 is 0 Å². The summed E-state index contributed by atoms with van der Waals surface area (Å²) >= 11 is 0. The SMILES string of the molecule is CCOc1cncc(NCc2ccc(N(C)C)nc2)n1. The van der Waals surface area contributed by atoms with E-state index in [1.807, 2.05) is 44.2 Å². The summed E-state index contributed by atoms with van der Waals surface area (Å²) in [6.07, 6.45) is 5.12. The summed E-state index contributed by atoms with van der Waals surface area (Å²) in [4.78, 5) is 14.7. The Morgan fingerprint density at radius 2 is 2.05 bits per heavy atom. The Balaban J connectivity index is 1.96. The Morgan fingerprint density at radius 1 is 1.20 bits per heavy atom. The van der Waals surface area contributed by atoms with E-state index in [4.69, 9.17) is 4.74 Å². The van der Waals surface area contributed by atoms with Crippen molar-refractivity contribution in [1.29, 1.82) is 0 Å². The minimum Gasteiger partial charge on any atom is -0.477 e. The Bertz CT molecular complexity index is 542. The normalized spacial score (nSPS) is 10.2. The molecule has 0 radical (unpaired) electrons. The van der Waals surface area contributed by atoms with E-state index in [0.29, 0.717) is 24.8 Å². The fraction of sp³-hybridized carbons (Fsp3) is 0.357. The van der Waals surface area contributed by atoms with Crippen molar-refractivity contribution in [3.63, 3.8) is 0 Å². The molecule has 0 aliphatic carbocycles. The molecule has 0 aliphatic rings. The van der Waals surface area contributed by atoms with Gasteiger partial charge in [0.05, 0.1) is 19.0 Å². The van der Waals surface area contributed by atoms with Crippen LogP contribution in [0.25, 0.3) is 0 Å². The highest BCUT2D eigenvalue weighted by atomic mass is 16.5. The largest absolute Gasteiger partial charge is 0.477 e. The van der Waals surface area contributed by atoms with E-state index in [9.17, 15) is 0 Å². The highest BCUT2D eigenvalue weighted by Gasteiger charge is 2.01. The Kier molecular flexibility index (Phi) is 4.70. The second-order valence-corrected chi connectivity index (χ2v) is 4.45. The molecular formula is C14H19N5O. The Hall–Kier alpha value is -2.37. The smallest absolute Gasteiger partial charge is 0.234 e. The molecular weight excluding hydrogens is 254 g/mol. The van der Waals surface area contributed by atoms with Crippen molar-refractivity contribution in [3.8, 4) is 5.88 Å². The van der Waals surface area contributed by atoms with Gasteiger partial charge in [0.25, 0.3) is 0 Å². The fourth-order valence-electron chi connectivity index (χ4n) is 1.63. The van der Waals surface area contributed by atoms with Crippen LogP contribution in [0.5, 0.6) is 5.88 Å². The summed E-state index contributed by atoms with van der Waals surface area (Å²) in [5, 5.41) is 3.20. The predicted molar refractivity (Wildman–Crippen MR) is 79.1 cm³/mol. The van der Waals surface area contributed by atoms with E-state index in [1.165, 1.54) is 0 Å². The number of rotatable bonds is 6. The van der Waals surface area contributed by atoms with Gasteiger partial charge in [0.1, 0.15) is 11.6 Å². The quantitative estimate of drug-likeness (QED) is 0.868. The monoisotopic (exact) mass is 273 g/mol. The van der Waals surface area contributed by atoms with Crippen LogP contribution in [-0.2, 0) is 6.54 Å². The van der Waals surface area contributed by atoms with Gasteiger partial charge in [-0.15, -0.1) is 0 Å². The summed E-state index contributed by atoms with van der Waals surface area (Å²) in [7, 11) is 3.93. The molecule has 0 amide bonds. The molecule has 20 heavy (non-hydrogen) atoms. The maximum atomic E-state index is 5.31. The predicted octanol–water partition coefficient (Wildman–Crippen LogP) is 1.95. The Labute approximate surface area is 118 Å². The lowest BCUT2D eigenvalue weighted by atomic mass is 10.3. The van der Waals surface area contributed by atoms with Crippen molar-refractivity contribution in [3.05, 3.63) is 36.3 Å². The van der Waals surface area contributed by atoms with Crippen LogP contribution >= 0.6 is 0 Å². The van der Waals surface area contributed by atoms with Crippen molar-refractivity contribution in [2.24, 2.45) is 0 Å². The molecule has 0 aromatic carbocycles. The summed E-state index contributed by atoms with van der Waals surface area (Å²) in [5.74, 6) is 2.15. The lowest BCUT2D eigenvalue weighted by Gasteiger charge is -2.11. The first-order valence-electron chi connectivity index (χ1n) is 6.50. The molecule has 106 valence electrons. The van der Waals surface area contributed by atoms with Crippen molar-refractivity contribution < 1.29 is 4.74 Å². The molecule has 0 saturated carbocycles.